The van der Waals surface area contributed by atoms with Gasteiger partial charge in [-0.3, -0.25) is 4.79 Å². The van der Waals surface area contributed by atoms with Crippen LogP contribution in [0.15, 0.2) is 0 Å². The third kappa shape index (κ3) is 3.78. The Bertz CT molecular complexity index is 346. The number of nitrogens with zero attached hydrogens (tertiary/aromatic N) is 2. The van der Waals surface area contributed by atoms with Gasteiger partial charge < -0.3 is 15.1 Å². The summed E-state index contributed by atoms with van der Waals surface area (Å²) in [7, 11) is 0. The number of nitrogens with one attached hydrogen (secondary N) is 1. The molecule has 0 radical (unpaired) electrons. The second-order valence-electron chi connectivity index (χ2n) is 7.33. The van der Waals surface area contributed by atoms with Crippen molar-refractivity contribution in [1.82, 2.24) is 15.1 Å². The second kappa shape index (κ2) is 7.10. The van der Waals surface area contributed by atoms with Gasteiger partial charge in [0.05, 0.1) is 6.04 Å². The van der Waals surface area contributed by atoms with Crippen molar-refractivity contribution in [1.29, 1.82) is 0 Å². The molecule has 1 N–H and O–H groups in total. The van der Waals surface area contributed by atoms with Crippen molar-refractivity contribution in [2.45, 2.75) is 51.5 Å². The maximum absolute atomic E-state index is 12.7. The van der Waals surface area contributed by atoms with E-state index in [-0.39, 0.29) is 6.04 Å². The number of carbonyl (C=O) groups is 1. The number of likely N-dealkylation sites (tertiary alicyclic amines) is 2. The van der Waals surface area contributed by atoms with Gasteiger partial charge in [-0.15, -0.1) is 0 Å². The summed E-state index contributed by atoms with van der Waals surface area (Å²) in [4.78, 5) is 17.4. The first-order valence-corrected chi connectivity index (χ1v) is 8.98. The number of hydrogen-bond donors (Lipinski definition) is 1. The molecule has 0 spiro atoms. The van der Waals surface area contributed by atoms with Gasteiger partial charge in [0, 0.05) is 19.6 Å². The maximum Gasteiger partial charge on any atom is 0.239 e. The predicted molar refractivity (Wildman–Crippen MR) is 85.2 cm³/mol. The fraction of sp³-hybridized carbons (Fsp3) is 0.941. The largest absolute Gasteiger partial charge is 0.341 e. The lowest BCUT2D eigenvalue weighted by atomic mass is 9.90. The minimum atomic E-state index is 0.0777. The van der Waals surface area contributed by atoms with E-state index in [9.17, 15) is 4.79 Å². The monoisotopic (exact) mass is 293 g/mol. The van der Waals surface area contributed by atoms with Gasteiger partial charge in [-0.1, -0.05) is 6.92 Å². The molecule has 0 saturated carbocycles. The minimum Gasteiger partial charge on any atom is -0.341 e. The summed E-state index contributed by atoms with van der Waals surface area (Å²) in [6, 6.07) is 0.0777. The summed E-state index contributed by atoms with van der Waals surface area (Å²) >= 11 is 0. The Morgan fingerprint density at radius 2 is 1.76 bits per heavy atom. The van der Waals surface area contributed by atoms with Crippen LogP contribution in [0.2, 0.25) is 0 Å². The van der Waals surface area contributed by atoms with Gasteiger partial charge in [0.2, 0.25) is 5.91 Å². The molecule has 3 aliphatic rings. The van der Waals surface area contributed by atoms with Crippen LogP contribution in [0.1, 0.15) is 45.4 Å². The van der Waals surface area contributed by atoms with Crippen molar-refractivity contribution in [3.8, 4) is 0 Å². The van der Waals surface area contributed by atoms with Crippen molar-refractivity contribution < 1.29 is 4.79 Å². The Balaban J connectivity index is 1.45. The zero-order valence-corrected chi connectivity index (χ0v) is 13.5. The SMILES string of the molecule is CC1CCCNC1C(=O)N1CCC(CN2CCCC2)CC1. The van der Waals surface area contributed by atoms with Gasteiger partial charge in [-0.05, 0) is 70.0 Å². The zero-order chi connectivity index (χ0) is 14.7. The molecule has 4 heteroatoms. The lowest BCUT2D eigenvalue weighted by Crippen LogP contribution is -2.54. The van der Waals surface area contributed by atoms with Crippen LogP contribution in [-0.2, 0) is 4.79 Å². The third-order valence-corrected chi connectivity index (χ3v) is 5.68. The van der Waals surface area contributed by atoms with Crippen LogP contribution in [-0.4, -0.2) is 61.0 Å². The first kappa shape index (κ1) is 15.3. The van der Waals surface area contributed by atoms with Gasteiger partial charge in [-0.25, -0.2) is 0 Å². The lowest BCUT2D eigenvalue weighted by Gasteiger charge is -2.38. The molecule has 3 aliphatic heterocycles. The van der Waals surface area contributed by atoms with Crippen LogP contribution < -0.4 is 5.32 Å². The average Bonchev–Trinajstić information content (AvgIpc) is 3.01. The molecule has 120 valence electrons. The summed E-state index contributed by atoms with van der Waals surface area (Å²) in [6.45, 7) is 9.02. The van der Waals surface area contributed by atoms with Crippen LogP contribution in [0, 0.1) is 11.8 Å². The van der Waals surface area contributed by atoms with Gasteiger partial charge in [0.1, 0.15) is 0 Å². The second-order valence-corrected chi connectivity index (χ2v) is 7.33. The summed E-state index contributed by atoms with van der Waals surface area (Å²) in [5.74, 6) is 1.67. The van der Waals surface area contributed by atoms with E-state index in [4.69, 9.17) is 0 Å². The first-order valence-electron chi connectivity index (χ1n) is 8.98. The Morgan fingerprint density at radius 3 is 2.43 bits per heavy atom. The first-order chi connectivity index (χ1) is 10.2. The molecule has 3 rings (SSSR count). The quantitative estimate of drug-likeness (QED) is 0.860. The van der Waals surface area contributed by atoms with E-state index in [1.807, 2.05) is 0 Å². The van der Waals surface area contributed by atoms with Crippen molar-refractivity contribution in [3.63, 3.8) is 0 Å². The Labute approximate surface area is 129 Å². The summed E-state index contributed by atoms with van der Waals surface area (Å²) in [6.07, 6.45) is 7.55. The predicted octanol–water partition coefficient (Wildman–Crippen LogP) is 1.71. The topological polar surface area (TPSA) is 35.6 Å². The van der Waals surface area contributed by atoms with Crippen LogP contribution in [0.3, 0.4) is 0 Å². The highest BCUT2D eigenvalue weighted by Crippen LogP contribution is 2.23. The van der Waals surface area contributed by atoms with E-state index < -0.39 is 0 Å². The number of rotatable bonds is 3. The molecule has 21 heavy (non-hydrogen) atoms. The maximum atomic E-state index is 12.7. The molecule has 1 amide bonds. The smallest absolute Gasteiger partial charge is 0.239 e. The molecule has 4 nitrogen and oxygen atoms in total. The number of amides is 1. The number of hydrogen-bond acceptors (Lipinski definition) is 3. The van der Waals surface area contributed by atoms with E-state index in [1.54, 1.807) is 0 Å². The summed E-state index contributed by atoms with van der Waals surface area (Å²) in [5.41, 5.74) is 0. The van der Waals surface area contributed by atoms with Crippen LogP contribution >= 0.6 is 0 Å². The fourth-order valence-electron chi connectivity index (χ4n) is 4.24. The molecule has 0 aliphatic carbocycles. The molecular weight excluding hydrogens is 262 g/mol. The molecule has 0 aromatic carbocycles. The summed E-state index contributed by atoms with van der Waals surface area (Å²) in [5, 5.41) is 3.44. The van der Waals surface area contributed by atoms with Crippen molar-refractivity contribution in [2.75, 3.05) is 39.3 Å². The van der Waals surface area contributed by atoms with E-state index in [0.29, 0.717) is 11.8 Å². The van der Waals surface area contributed by atoms with Gasteiger partial charge in [0.25, 0.3) is 0 Å². The zero-order valence-electron chi connectivity index (χ0n) is 13.5. The summed E-state index contributed by atoms with van der Waals surface area (Å²) < 4.78 is 0. The van der Waals surface area contributed by atoms with E-state index in [1.165, 1.54) is 58.2 Å². The van der Waals surface area contributed by atoms with Crippen molar-refractivity contribution in [2.24, 2.45) is 11.8 Å². The highest BCUT2D eigenvalue weighted by Gasteiger charge is 2.33. The standard InChI is InChI=1S/C17H31N3O/c1-14-5-4-8-18-16(14)17(21)20-11-6-15(7-12-20)13-19-9-2-3-10-19/h14-16,18H,2-13H2,1H3. The van der Waals surface area contributed by atoms with Crippen LogP contribution in [0.25, 0.3) is 0 Å². The molecule has 0 bridgehead atoms. The third-order valence-electron chi connectivity index (χ3n) is 5.68. The molecule has 3 saturated heterocycles. The molecule has 0 aromatic rings. The van der Waals surface area contributed by atoms with Gasteiger partial charge >= 0.3 is 0 Å². The highest BCUT2D eigenvalue weighted by atomic mass is 16.2. The van der Waals surface area contributed by atoms with Gasteiger partial charge in [-0.2, -0.15) is 0 Å². The molecule has 3 fully saturated rings. The average molecular weight is 293 g/mol. The minimum absolute atomic E-state index is 0.0777. The van der Waals surface area contributed by atoms with Crippen LogP contribution in [0.4, 0.5) is 0 Å². The highest BCUT2D eigenvalue weighted by molar-refractivity contribution is 5.82. The molecule has 0 aromatic heterocycles. The Morgan fingerprint density at radius 1 is 1.05 bits per heavy atom. The number of carbonyl (C=O) groups excluding carboxylic acids is 1. The van der Waals surface area contributed by atoms with E-state index in [2.05, 4.69) is 22.0 Å². The van der Waals surface area contributed by atoms with E-state index >= 15 is 0 Å². The molecule has 3 heterocycles. The lowest BCUT2D eigenvalue weighted by molar-refractivity contribution is -0.136. The number of piperidine rings is 2. The van der Waals surface area contributed by atoms with E-state index in [0.717, 1.165) is 25.6 Å². The normalized spacial score (nSPS) is 32.5. The van der Waals surface area contributed by atoms with Crippen molar-refractivity contribution >= 4 is 5.91 Å². The molecule has 2 unspecified atom stereocenters. The van der Waals surface area contributed by atoms with Crippen molar-refractivity contribution in [3.05, 3.63) is 0 Å². The Kier molecular flexibility index (Phi) is 5.17. The molecular formula is C17H31N3O. The molecule has 2 atom stereocenters. The van der Waals surface area contributed by atoms with Gasteiger partial charge in [0.15, 0.2) is 0 Å². The van der Waals surface area contributed by atoms with Crippen LogP contribution in [0.5, 0.6) is 0 Å². The Hall–Kier alpha value is -0.610. The fourth-order valence-corrected chi connectivity index (χ4v) is 4.24.